The maximum atomic E-state index is 12.6. The van der Waals surface area contributed by atoms with Gasteiger partial charge in [-0.2, -0.15) is 0 Å². The Bertz CT molecular complexity index is 671. The van der Waals surface area contributed by atoms with Gasteiger partial charge in [0.25, 0.3) is 5.91 Å². The second-order valence-corrected chi connectivity index (χ2v) is 6.48. The minimum atomic E-state index is -0.0135. The van der Waals surface area contributed by atoms with Crippen molar-refractivity contribution in [2.24, 2.45) is 0 Å². The Morgan fingerprint density at radius 1 is 1.14 bits per heavy atom. The molecular weight excluding hydrogens is 260 g/mol. The normalized spacial score (nSPS) is 14.1. The molecule has 21 heavy (non-hydrogen) atoms. The zero-order chi connectivity index (χ0) is 15.0. The van der Waals surface area contributed by atoms with Crippen LogP contribution in [0.1, 0.15) is 42.4 Å². The van der Waals surface area contributed by atoms with Gasteiger partial charge < -0.3 is 4.90 Å². The van der Waals surface area contributed by atoms with E-state index >= 15 is 0 Å². The zero-order valence-corrected chi connectivity index (χ0v) is 12.8. The van der Waals surface area contributed by atoms with Crippen molar-refractivity contribution in [3.63, 3.8) is 0 Å². The van der Waals surface area contributed by atoms with Gasteiger partial charge in [-0.15, -0.1) is 0 Å². The van der Waals surface area contributed by atoms with Gasteiger partial charge in [0.1, 0.15) is 5.69 Å². The highest BCUT2D eigenvalue weighted by Crippen LogP contribution is 2.36. The molecule has 0 atom stereocenters. The van der Waals surface area contributed by atoms with E-state index in [2.05, 4.69) is 31.8 Å². The Labute approximate surface area is 125 Å². The lowest BCUT2D eigenvalue weighted by Gasteiger charge is -2.23. The fourth-order valence-corrected chi connectivity index (χ4v) is 2.98. The monoisotopic (exact) mass is 280 g/mol. The molecule has 0 saturated heterocycles. The third kappa shape index (κ3) is 2.44. The number of rotatable bonds is 1. The predicted octanol–water partition coefficient (Wildman–Crippen LogP) is 3.58. The van der Waals surface area contributed by atoms with Gasteiger partial charge in [-0.1, -0.05) is 39.0 Å². The summed E-state index contributed by atoms with van der Waals surface area (Å²) < 4.78 is 0. The van der Waals surface area contributed by atoms with E-state index in [1.165, 1.54) is 11.1 Å². The van der Waals surface area contributed by atoms with Crippen LogP contribution in [0.4, 0.5) is 5.69 Å². The topological polar surface area (TPSA) is 33.2 Å². The molecule has 3 heteroatoms. The molecule has 108 valence electrons. The van der Waals surface area contributed by atoms with E-state index in [1.54, 1.807) is 12.3 Å². The summed E-state index contributed by atoms with van der Waals surface area (Å²) in [6.45, 7) is 7.38. The highest BCUT2D eigenvalue weighted by molar-refractivity contribution is 6.06. The molecule has 0 N–H and O–H groups in total. The fourth-order valence-electron chi connectivity index (χ4n) is 2.98. The number of anilines is 1. The number of amides is 1. The third-order valence-corrected chi connectivity index (χ3v) is 3.96. The zero-order valence-electron chi connectivity index (χ0n) is 12.8. The number of benzene rings is 1. The standard InChI is InChI=1S/C18H20N2O/c1-18(2,3)14-7-6-9-16-13(14)10-12-20(16)17(21)15-8-4-5-11-19-15/h4-9,11H,10,12H2,1-3H3. The van der Waals surface area contributed by atoms with E-state index < -0.39 is 0 Å². The molecule has 0 radical (unpaired) electrons. The second-order valence-electron chi connectivity index (χ2n) is 6.48. The van der Waals surface area contributed by atoms with Crippen molar-refractivity contribution in [2.75, 3.05) is 11.4 Å². The van der Waals surface area contributed by atoms with Gasteiger partial charge in [0.15, 0.2) is 0 Å². The molecule has 0 unspecified atom stereocenters. The minimum absolute atomic E-state index is 0.0135. The number of hydrogen-bond acceptors (Lipinski definition) is 2. The Kier molecular flexibility index (Phi) is 3.28. The molecule has 2 heterocycles. The molecule has 1 aliphatic rings. The summed E-state index contributed by atoms with van der Waals surface area (Å²) in [6.07, 6.45) is 2.58. The Morgan fingerprint density at radius 2 is 1.95 bits per heavy atom. The lowest BCUT2D eigenvalue weighted by Crippen LogP contribution is -2.29. The molecule has 2 aromatic rings. The number of pyridine rings is 1. The highest BCUT2D eigenvalue weighted by Gasteiger charge is 2.30. The molecule has 0 aliphatic carbocycles. The molecule has 1 aromatic carbocycles. The first-order chi connectivity index (χ1) is 9.98. The summed E-state index contributed by atoms with van der Waals surface area (Å²) >= 11 is 0. The number of nitrogens with zero attached hydrogens (tertiary/aromatic N) is 2. The molecule has 3 nitrogen and oxygen atoms in total. The van der Waals surface area contributed by atoms with Crippen molar-refractivity contribution < 1.29 is 4.79 Å². The first-order valence-electron chi connectivity index (χ1n) is 7.34. The summed E-state index contributed by atoms with van der Waals surface area (Å²) in [5.41, 5.74) is 4.27. The lowest BCUT2D eigenvalue weighted by molar-refractivity contribution is 0.0984. The van der Waals surface area contributed by atoms with Crippen LogP contribution < -0.4 is 4.90 Å². The van der Waals surface area contributed by atoms with Gasteiger partial charge in [-0.3, -0.25) is 9.78 Å². The highest BCUT2D eigenvalue weighted by atomic mass is 16.2. The van der Waals surface area contributed by atoms with Crippen molar-refractivity contribution in [3.05, 3.63) is 59.4 Å². The maximum Gasteiger partial charge on any atom is 0.276 e. The third-order valence-electron chi connectivity index (χ3n) is 3.96. The van der Waals surface area contributed by atoms with E-state index in [0.29, 0.717) is 5.69 Å². The number of aromatic nitrogens is 1. The van der Waals surface area contributed by atoms with Crippen LogP contribution in [0.25, 0.3) is 0 Å². The van der Waals surface area contributed by atoms with Crippen LogP contribution in [0, 0.1) is 0 Å². The van der Waals surface area contributed by atoms with Crippen molar-refractivity contribution in [2.45, 2.75) is 32.6 Å². The molecule has 1 amide bonds. The second kappa shape index (κ2) is 4.99. The first kappa shape index (κ1) is 13.8. The van der Waals surface area contributed by atoms with Gasteiger partial charge in [0, 0.05) is 18.4 Å². The van der Waals surface area contributed by atoms with Crippen LogP contribution in [0.2, 0.25) is 0 Å². The van der Waals surface area contributed by atoms with Crippen LogP contribution in [0.15, 0.2) is 42.6 Å². The van der Waals surface area contributed by atoms with Gasteiger partial charge in [0.05, 0.1) is 0 Å². The van der Waals surface area contributed by atoms with Crippen LogP contribution in [0.3, 0.4) is 0 Å². The van der Waals surface area contributed by atoms with E-state index in [-0.39, 0.29) is 11.3 Å². The van der Waals surface area contributed by atoms with E-state index in [1.807, 2.05) is 29.2 Å². The Balaban J connectivity index is 2.00. The molecule has 3 rings (SSSR count). The van der Waals surface area contributed by atoms with E-state index in [4.69, 9.17) is 0 Å². The number of carbonyl (C=O) groups is 1. The molecule has 0 fully saturated rings. The van der Waals surface area contributed by atoms with Gasteiger partial charge in [-0.05, 0) is 41.2 Å². The summed E-state index contributed by atoms with van der Waals surface area (Å²) in [5, 5.41) is 0. The Morgan fingerprint density at radius 3 is 2.62 bits per heavy atom. The molecule has 0 saturated carbocycles. The predicted molar refractivity (Wildman–Crippen MR) is 84.8 cm³/mol. The summed E-state index contributed by atoms with van der Waals surface area (Å²) in [5.74, 6) is -0.0135. The average Bonchev–Trinajstić information content (AvgIpc) is 2.90. The SMILES string of the molecule is CC(C)(C)c1cccc2c1CCN2C(=O)c1ccccn1. The number of fused-ring (bicyclic) bond motifs is 1. The van der Waals surface area contributed by atoms with E-state index in [9.17, 15) is 4.79 Å². The lowest BCUT2D eigenvalue weighted by atomic mass is 9.83. The molecule has 1 aliphatic heterocycles. The molecular formula is C18H20N2O. The molecule has 0 bridgehead atoms. The number of hydrogen-bond donors (Lipinski definition) is 0. The van der Waals surface area contributed by atoms with Gasteiger partial charge in [-0.25, -0.2) is 0 Å². The first-order valence-corrected chi connectivity index (χ1v) is 7.34. The van der Waals surface area contributed by atoms with Gasteiger partial charge in [0.2, 0.25) is 0 Å². The largest absolute Gasteiger partial charge is 0.306 e. The maximum absolute atomic E-state index is 12.6. The summed E-state index contributed by atoms with van der Waals surface area (Å²) in [6, 6.07) is 11.7. The summed E-state index contributed by atoms with van der Waals surface area (Å²) in [4.78, 5) is 18.7. The Hall–Kier alpha value is -2.16. The van der Waals surface area contributed by atoms with Crippen molar-refractivity contribution in [1.29, 1.82) is 0 Å². The average molecular weight is 280 g/mol. The molecule has 0 spiro atoms. The minimum Gasteiger partial charge on any atom is -0.306 e. The molecule has 1 aromatic heterocycles. The van der Waals surface area contributed by atoms with Crippen LogP contribution in [-0.4, -0.2) is 17.4 Å². The van der Waals surface area contributed by atoms with Crippen LogP contribution in [-0.2, 0) is 11.8 Å². The quantitative estimate of drug-likeness (QED) is 0.800. The van der Waals surface area contributed by atoms with Crippen LogP contribution >= 0.6 is 0 Å². The fraction of sp³-hybridized carbons (Fsp3) is 0.333. The van der Waals surface area contributed by atoms with Gasteiger partial charge >= 0.3 is 0 Å². The number of carbonyl (C=O) groups excluding carboxylic acids is 1. The smallest absolute Gasteiger partial charge is 0.276 e. The van der Waals surface area contributed by atoms with Crippen LogP contribution in [0.5, 0.6) is 0 Å². The summed E-state index contributed by atoms with van der Waals surface area (Å²) in [7, 11) is 0. The van der Waals surface area contributed by atoms with Crippen molar-refractivity contribution in [1.82, 2.24) is 4.98 Å². The van der Waals surface area contributed by atoms with E-state index in [0.717, 1.165) is 18.7 Å². The van der Waals surface area contributed by atoms with Crippen molar-refractivity contribution >= 4 is 11.6 Å². The van der Waals surface area contributed by atoms with Crippen molar-refractivity contribution in [3.8, 4) is 0 Å².